The van der Waals surface area contributed by atoms with Crippen LogP contribution in [0.5, 0.6) is 0 Å². The van der Waals surface area contributed by atoms with Gasteiger partial charge in [-0.2, -0.15) is 0 Å². The van der Waals surface area contributed by atoms with Gasteiger partial charge in [0.25, 0.3) is 0 Å². The maximum atomic E-state index is 10.5. The quantitative estimate of drug-likeness (QED) is 0.776. The fourth-order valence-electron chi connectivity index (χ4n) is 2.06. The van der Waals surface area contributed by atoms with E-state index in [0.29, 0.717) is 11.6 Å². The lowest BCUT2D eigenvalue weighted by molar-refractivity contribution is 0.111. The minimum Gasteiger partial charge on any atom is -0.296 e. The summed E-state index contributed by atoms with van der Waals surface area (Å²) in [4.78, 5) is 11.9. The second-order valence-electron chi connectivity index (χ2n) is 4.03. The second kappa shape index (κ2) is 4.33. The van der Waals surface area contributed by atoms with E-state index in [9.17, 15) is 4.79 Å². The highest BCUT2D eigenvalue weighted by atomic mass is 32.2. The van der Waals surface area contributed by atoms with Gasteiger partial charge < -0.3 is 0 Å². The van der Waals surface area contributed by atoms with E-state index >= 15 is 0 Å². The normalized spacial score (nSPS) is 18.0. The summed E-state index contributed by atoms with van der Waals surface area (Å²) in [6.07, 6.45) is 2.42. The Balaban J connectivity index is 1.81. The topological polar surface area (TPSA) is 47.8 Å². The van der Waals surface area contributed by atoms with E-state index in [1.807, 2.05) is 11.8 Å². The van der Waals surface area contributed by atoms with Crippen molar-refractivity contribution in [3.63, 3.8) is 0 Å². The van der Waals surface area contributed by atoms with Crippen LogP contribution in [0.4, 0.5) is 0 Å². The Labute approximate surface area is 103 Å². The van der Waals surface area contributed by atoms with Crippen molar-refractivity contribution in [2.24, 2.45) is 0 Å². The Morgan fingerprint density at radius 2 is 2.35 bits per heavy atom. The molecule has 1 unspecified atom stereocenters. The summed E-state index contributed by atoms with van der Waals surface area (Å²) < 4.78 is 1.75. The first-order valence-corrected chi connectivity index (χ1v) is 6.42. The van der Waals surface area contributed by atoms with Crippen LogP contribution >= 0.6 is 11.8 Å². The molecule has 86 valence electrons. The van der Waals surface area contributed by atoms with Crippen LogP contribution in [-0.4, -0.2) is 27.0 Å². The van der Waals surface area contributed by atoms with Gasteiger partial charge in [-0.15, -0.1) is 16.9 Å². The molecule has 1 aliphatic rings. The summed E-state index contributed by atoms with van der Waals surface area (Å²) in [6.45, 7) is 0.783. The number of hydrogen-bond acceptors (Lipinski definition) is 4. The van der Waals surface area contributed by atoms with Gasteiger partial charge >= 0.3 is 0 Å². The summed E-state index contributed by atoms with van der Waals surface area (Å²) in [5.74, 6) is 1.52. The van der Waals surface area contributed by atoms with Crippen LogP contribution in [0.15, 0.2) is 35.4 Å². The Hall–Kier alpha value is -1.62. The van der Waals surface area contributed by atoms with Crippen LogP contribution in [0.25, 0.3) is 0 Å². The third-order valence-electron chi connectivity index (χ3n) is 2.88. The molecule has 0 saturated heterocycles. The van der Waals surface area contributed by atoms with Gasteiger partial charge in [-0.05, 0) is 11.6 Å². The molecule has 0 fully saturated rings. The minimum absolute atomic E-state index is 0.393. The molecule has 0 aliphatic carbocycles. The minimum atomic E-state index is 0.393. The zero-order valence-corrected chi connectivity index (χ0v) is 9.93. The fraction of sp³-hybridized carbons (Fsp3) is 0.250. The highest BCUT2D eigenvalue weighted by Gasteiger charge is 2.23. The van der Waals surface area contributed by atoms with Crippen LogP contribution in [0, 0.1) is 0 Å². The molecular weight excluding hydrogens is 234 g/mol. The number of nitrogens with zero attached hydrogens (tertiary/aromatic N) is 3. The zero-order chi connectivity index (χ0) is 11.7. The number of fused-ring (bicyclic) bond motifs is 1. The SMILES string of the molecule is O=Cc1cn(CC2CSc3ccccc32)nn1. The lowest BCUT2D eigenvalue weighted by Gasteiger charge is -2.09. The van der Waals surface area contributed by atoms with Gasteiger partial charge in [-0.3, -0.25) is 9.48 Å². The third-order valence-corrected chi connectivity index (χ3v) is 4.14. The van der Waals surface area contributed by atoms with Gasteiger partial charge in [0.2, 0.25) is 0 Å². The molecule has 5 heteroatoms. The van der Waals surface area contributed by atoms with Crippen molar-refractivity contribution in [3.8, 4) is 0 Å². The van der Waals surface area contributed by atoms with Crippen LogP contribution in [0.2, 0.25) is 0 Å². The number of hydrogen-bond donors (Lipinski definition) is 0. The van der Waals surface area contributed by atoms with Crippen LogP contribution < -0.4 is 0 Å². The van der Waals surface area contributed by atoms with Crippen LogP contribution in [0.3, 0.4) is 0 Å². The van der Waals surface area contributed by atoms with Gasteiger partial charge in [0.1, 0.15) is 5.69 Å². The van der Waals surface area contributed by atoms with Crippen molar-refractivity contribution < 1.29 is 4.79 Å². The summed E-state index contributed by atoms with van der Waals surface area (Å²) in [5.41, 5.74) is 1.77. The van der Waals surface area contributed by atoms with Crippen molar-refractivity contribution in [1.29, 1.82) is 0 Å². The van der Waals surface area contributed by atoms with Gasteiger partial charge in [-0.1, -0.05) is 23.4 Å². The first-order chi connectivity index (χ1) is 8.36. The molecular formula is C12H11N3OS. The molecule has 1 aromatic heterocycles. The lowest BCUT2D eigenvalue weighted by Crippen LogP contribution is -2.09. The average Bonchev–Trinajstić information content (AvgIpc) is 2.97. The molecule has 2 aromatic rings. The number of thioether (sulfide) groups is 1. The molecule has 1 aliphatic heterocycles. The van der Waals surface area contributed by atoms with Gasteiger partial charge in [0, 0.05) is 16.6 Å². The van der Waals surface area contributed by atoms with Crippen molar-refractivity contribution in [1.82, 2.24) is 15.0 Å². The summed E-state index contributed by atoms with van der Waals surface area (Å²) >= 11 is 1.88. The van der Waals surface area contributed by atoms with Crippen LogP contribution in [-0.2, 0) is 6.54 Å². The molecule has 4 nitrogen and oxygen atoms in total. The van der Waals surface area contributed by atoms with E-state index in [4.69, 9.17) is 0 Å². The summed E-state index contributed by atoms with van der Waals surface area (Å²) in [5, 5.41) is 7.72. The standard InChI is InChI=1S/C12H11N3OS/c16-7-10-6-15(14-13-10)5-9-8-17-12-4-2-1-3-11(9)12/h1-4,6-7,9H,5,8H2. The van der Waals surface area contributed by atoms with E-state index in [0.717, 1.165) is 18.6 Å². The molecule has 0 spiro atoms. The van der Waals surface area contributed by atoms with E-state index in [1.54, 1.807) is 10.9 Å². The predicted molar refractivity (Wildman–Crippen MR) is 65.3 cm³/mol. The first-order valence-electron chi connectivity index (χ1n) is 5.44. The molecule has 17 heavy (non-hydrogen) atoms. The van der Waals surface area contributed by atoms with E-state index in [-0.39, 0.29) is 0 Å². The predicted octanol–water partition coefficient (Wildman–Crippen LogP) is 1.98. The number of carbonyl (C=O) groups is 1. The number of rotatable bonds is 3. The average molecular weight is 245 g/mol. The number of aldehydes is 1. The zero-order valence-electron chi connectivity index (χ0n) is 9.11. The van der Waals surface area contributed by atoms with Crippen molar-refractivity contribution in [3.05, 3.63) is 41.7 Å². The highest BCUT2D eigenvalue weighted by molar-refractivity contribution is 7.99. The third kappa shape index (κ3) is 1.98. The van der Waals surface area contributed by atoms with E-state index < -0.39 is 0 Å². The molecule has 3 rings (SSSR count). The molecule has 0 N–H and O–H groups in total. The Morgan fingerprint density at radius 3 is 3.18 bits per heavy atom. The maximum Gasteiger partial charge on any atom is 0.171 e. The Morgan fingerprint density at radius 1 is 1.47 bits per heavy atom. The number of aromatic nitrogens is 3. The number of carbonyl (C=O) groups excluding carboxylic acids is 1. The molecule has 1 aromatic carbocycles. The molecule has 0 radical (unpaired) electrons. The van der Waals surface area contributed by atoms with Crippen molar-refractivity contribution in [2.75, 3.05) is 5.75 Å². The lowest BCUT2D eigenvalue weighted by atomic mass is 10.0. The first kappa shape index (κ1) is 10.5. The van der Waals surface area contributed by atoms with Crippen LogP contribution in [0.1, 0.15) is 22.0 Å². The Kier molecular flexibility index (Phi) is 2.68. The van der Waals surface area contributed by atoms with Gasteiger partial charge in [0.15, 0.2) is 6.29 Å². The highest BCUT2D eigenvalue weighted by Crippen LogP contribution is 2.39. The molecule has 2 heterocycles. The maximum absolute atomic E-state index is 10.5. The summed E-state index contributed by atoms with van der Waals surface area (Å²) in [6, 6.07) is 8.44. The smallest absolute Gasteiger partial charge is 0.171 e. The van der Waals surface area contributed by atoms with Crippen molar-refractivity contribution in [2.45, 2.75) is 17.4 Å². The number of benzene rings is 1. The summed E-state index contributed by atoms with van der Waals surface area (Å²) in [7, 11) is 0. The van der Waals surface area contributed by atoms with E-state index in [2.05, 4.69) is 34.6 Å². The fourth-order valence-corrected chi connectivity index (χ4v) is 3.30. The second-order valence-corrected chi connectivity index (χ2v) is 5.09. The van der Waals surface area contributed by atoms with Gasteiger partial charge in [-0.25, -0.2) is 0 Å². The van der Waals surface area contributed by atoms with Crippen molar-refractivity contribution >= 4 is 18.0 Å². The molecule has 0 saturated carbocycles. The Bertz CT molecular complexity index is 552. The largest absolute Gasteiger partial charge is 0.296 e. The monoisotopic (exact) mass is 245 g/mol. The van der Waals surface area contributed by atoms with E-state index in [1.165, 1.54) is 10.5 Å². The molecule has 1 atom stereocenters. The van der Waals surface area contributed by atoms with Gasteiger partial charge in [0.05, 0.1) is 12.7 Å². The molecule has 0 bridgehead atoms. The molecule has 0 amide bonds.